The molecule has 7 atom stereocenters. The lowest BCUT2D eigenvalue weighted by atomic mass is 9.35. The molecule has 1 aromatic carbocycles. The van der Waals surface area contributed by atoms with Crippen LogP contribution < -0.4 is 0 Å². The van der Waals surface area contributed by atoms with Crippen LogP contribution in [-0.2, 0) is 6.42 Å². The highest BCUT2D eigenvalue weighted by atomic mass is 16.3. The van der Waals surface area contributed by atoms with E-state index >= 15 is 0 Å². The van der Waals surface area contributed by atoms with Crippen LogP contribution >= 0.6 is 0 Å². The quantitative estimate of drug-likeness (QED) is 0.520. The highest BCUT2D eigenvalue weighted by Gasteiger charge is 2.67. The maximum absolute atomic E-state index is 10.9. The van der Waals surface area contributed by atoms with Gasteiger partial charge in [-0.2, -0.15) is 0 Å². The van der Waals surface area contributed by atoms with Gasteiger partial charge >= 0.3 is 0 Å². The lowest BCUT2D eigenvalue weighted by molar-refractivity contribution is -0.224. The zero-order chi connectivity index (χ0) is 22.6. The Balaban J connectivity index is 1.66. The van der Waals surface area contributed by atoms with Gasteiger partial charge in [0.2, 0.25) is 0 Å². The SMILES string of the molecule is Cc1ccc2c(c1C)C1=CCC3C4(C)CC(O)C(O)C(C)(C)C4CCC3(C)C1(C)CC2. The van der Waals surface area contributed by atoms with Crippen molar-refractivity contribution in [1.29, 1.82) is 0 Å². The van der Waals surface area contributed by atoms with Gasteiger partial charge in [0.25, 0.3) is 0 Å². The van der Waals surface area contributed by atoms with Crippen molar-refractivity contribution in [3.63, 3.8) is 0 Å². The summed E-state index contributed by atoms with van der Waals surface area (Å²) in [5.41, 5.74) is 7.74. The molecule has 2 saturated carbocycles. The second kappa shape index (κ2) is 6.48. The molecule has 2 N–H and O–H groups in total. The van der Waals surface area contributed by atoms with Gasteiger partial charge in [-0.15, -0.1) is 0 Å². The van der Waals surface area contributed by atoms with Crippen LogP contribution in [-0.4, -0.2) is 22.4 Å². The van der Waals surface area contributed by atoms with E-state index in [9.17, 15) is 10.2 Å². The molecule has 0 aliphatic heterocycles. The minimum Gasteiger partial charge on any atom is -0.390 e. The maximum atomic E-state index is 10.9. The Bertz CT molecular complexity index is 958. The van der Waals surface area contributed by atoms with Crippen LogP contribution in [0, 0.1) is 47.3 Å². The van der Waals surface area contributed by atoms with E-state index in [1.165, 1.54) is 36.0 Å². The molecular formula is C29H42O2. The first-order valence-electron chi connectivity index (χ1n) is 12.5. The third kappa shape index (κ3) is 2.53. The summed E-state index contributed by atoms with van der Waals surface area (Å²) in [5.74, 6) is 0.996. The topological polar surface area (TPSA) is 40.5 Å². The molecule has 4 aliphatic rings. The number of aryl methyl sites for hydroxylation is 2. The zero-order valence-electron chi connectivity index (χ0n) is 20.7. The van der Waals surface area contributed by atoms with Crippen LogP contribution in [0.25, 0.3) is 5.57 Å². The van der Waals surface area contributed by atoms with E-state index in [2.05, 4.69) is 66.7 Å². The molecule has 0 bridgehead atoms. The maximum Gasteiger partial charge on any atom is 0.0852 e. The number of allylic oxidation sites excluding steroid dienone is 2. The summed E-state index contributed by atoms with van der Waals surface area (Å²) in [7, 11) is 0. The second-order valence-corrected chi connectivity index (χ2v) is 12.8. The van der Waals surface area contributed by atoms with Gasteiger partial charge in [-0.05, 0) is 114 Å². The molecule has 2 heteroatoms. The molecule has 0 radical (unpaired) electrons. The molecule has 0 aromatic heterocycles. The Hall–Kier alpha value is -1.12. The second-order valence-electron chi connectivity index (χ2n) is 12.8. The van der Waals surface area contributed by atoms with Gasteiger partial charge in [-0.3, -0.25) is 0 Å². The van der Waals surface area contributed by atoms with E-state index < -0.39 is 12.2 Å². The number of aliphatic hydroxyl groups excluding tert-OH is 2. The van der Waals surface area contributed by atoms with Crippen LogP contribution in [0.3, 0.4) is 0 Å². The third-order valence-electron chi connectivity index (χ3n) is 11.4. The number of rotatable bonds is 0. The summed E-state index contributed by atoms with van der Waals surface area (Å²) in [6.07, 6.45) is 7.95. The van der Waals surface area contributed by atoms with E-state index in [0.717, 1.165) is 19.3 Å². The van der Waals surface area contributed by atoms with Crippen LogP contribution in [0.1, 0.15) is 89.0 Å². The Labute approximate surface area is 189 Å². The van der Waals surface area contributed by atoms with Crippen molar-refractivity contribution in [2.24, 2.45) is 33.5 Å². The van der Waals surface area contributed by atoms with Crippen LogP contribution in [0.15, 0.2) is 18.2 Å². The summed E-state index contributed by atoms with van der Waals surface area (Å²) < 4.78 is 0. The Morgan fingerprint density at radius 1 is 0.935 bits per heavy atom. The Morgan fingerprint density at radius 3 is 2.35 bits per heavy atom. The molecule has 7 unspecified atom stereocenters. The molecule has 5 rings (SSSR count). The molecule has 0 heterocycles. The van der Waals surface area contributed by atoms with E-state index in [1.54, 1.807) is 11.1 Å². The third-order valence-corrected chi connectivity index (χ3v) is 11.4. The molecule has 0 amide bonds. The van der Waals surface area contributed by atoms with Crippen LogP contribution in [0.4, 0.5) is 0 Å². The molecule has 1 aromatic rings. The van der Waals surface area contributed by atoms with Gasteiger partial charge in [0.05, 0.1) is 12.2 Å². The summed E-state index contributed by atoms with van der Waals surface area (Å²) >= 11 is 0. The van der Waals surface area contributed by atoms with Gasteiger partial charge < -0.3 is 10.2 Å². The van der Waals surface area contributed by atoms with Gasteiger partial charge in [0, 0.05) is 0 Å². The summed E-state index contributed by atoms with van der Waals surface area (Å²) in [5, 5.41) is 21.8. The molecule has 170 valence electrons. The van der Waals surface area contributed by atoms with Gasteiger partial charge in [0.1, 0.15) is 0 Å². The minimum atomic E-state index is -0.618. The number of hydrogen-bond acceptors (Lipinski definition) is 2. The predicted octanol–water partition coefficient (Wildman–Crippen LogP) is 6.23. The average Bonchev–Trinajstić information content (AvgIpc) is 2.69. The first-order valence-corrected chi connectivity index (χ1v) is 12.5. The highest BCUT2D eigenvalue weighted by Crippen LogP contribution is 2.73. The number of hydrogen-bond donors (Lipinski definition) is 2. The smallest absolute Gasteiger partial charge is 0.0852 e. The lowest BCUT2D eigenvalue weighted by Crippen LogP contribution is -2.65. The van der Waals surface area contributed by atoms with Crippen LogP contribution in [0.5, 0.6) is 0 Å². The van der Waals surface area contributed by atoms with Crippen molar-refractivity contribution >= 4 is 5.57 Å². The first kappa shape index (κ1) is 21.7. The van der Waals surface area contributed by atoms with Crippen molar-refractivity contribution in [3.8, 4) is 0 Å². The largest absolute Gasteiger partial charge is 0.390 e. The standard InChI is InChI=1S/C29H42O2/c1-17-8-9-19-12-14-28(6)20(24(19)18(17)2)10-11-23-27(5)16-21(30)25(31)26(3,4)22(27)13-15-29(23,28)7/h8-10,21-23,25,30-31H,11-16H2,1-7H3. The highest BCUT2D eigenvalue weighted by molar-refractivity contribution is 5.79. The molecule has 0 saturated heterocycles. The van der Waals surface area contributed by atoms with Crippen LogP contribution in [0.2, 0.25) is 0 Å². The predicted molar refractivity (Wildman–Crippen MR) is 128 cm³/mol. The minimum absolute atomic E-state index is 0.0577. The monoisotopic (exact) mass is 422 g/mol. The summed E-state index contributed by atoms with van der Waals surface area (Å²) in [6, 6.07) is 4.67. The van der Waals surface area contributed by atoms with Crippen molar-refractivity contribution < 1.29 is 10.2 Å². The van der Waals surface area contributed by atoms with E-state index in [-0.39, 0.29) is 21.7 Å². The molecule has 4 aliphatic carbocycles. The summed E-state index contributed by atoms with van der Waals surface area (Å²) in [4.78, 5) is 0. The van der Waals surface area contributed by atoms with E-state index in [4.69, 9.17) is 0 Å². The number of aliphatic hydroxyl groups is 2. The van der Waals surface area contributed by atoms with Gasteiger partial charge in [-0.25, -0.2) is 0 Å². The average molecular weight is 423 g/mol. The normalized spacial score (nSPS) is 45.6. The Kier molecular flexibility index (Phi) is 4.53. The van der Waals surface area contributed by atoms with E-state index in [0.29, 0.717) is 11.8 Å². The Morgan fingerprint density at radius 2 is 1.65 bits per heavy atom. The molecule has 0 spiro atoms. The molecule has 2 nitrogen and oxygen atoms in total. The lowest BCUT2D eigenvalue weighted by Gasteiger charge is -2.69. The van der Waals surface area contributed by atoms with Gasteiger partial charge in [-0.1, -0.05) is 52.8 Å². The molecule has 2 fully saturated rings. The van der Waals surface area contributed by atoms with Gasteiger partial charge in [0.15, 0.2) is 0 Å². The number of fused-ring (bicyclic) bond motifs is 7. The van der Waals surface area contributed by atoms with E-state index in [1.807, 2.05) is 0 Å². The summed E-state index contributed by atoms with van der Waals surface area (Å²) in [6.45, 7) is 16.5. The fourth-order valence-corrected chi connectivity index (χ4v) is 9.29. The number of benzene rings is 1. The zero-order valence-corrected chi connectivity index (χ0v) is 20.7. The molecular weight excluding hydrogens is 380 g/mol. The van der Waals surface area contributed by atoms with Crippen molar-refractivity contribution in [2.45, 2.75) is 99.2 Å². The van der Waals surface area contributed by atoms with Crippen molar-refractivity contribution in [2.75, 3.05) is 0 Å². The fourth-order valence-electron chi connectivity index (χ4n) is 9.29. The van der Waals surface area contributed by atoms with Crippen molar-refractivity contribution in [1.82, 2.24) is 0 Å². The molecule has 31 heavy (non-hydrogen) atoms. The fraction of sp³-hybridized carbons (Fsp3) is 0.724. The van der Waals surface area contributed by atoms with Crippen molar-refractivity contribution in [3.05, 3.63) is 40.5 Å². The first-order chi connectivity index (χ1) is 14.4.